The zero-order valence-corrected chi connectivity index (χ0v) is 12.5. The summed E-state index contributed by atoms with van der Waals surface area (Å²) >= 11 is 0. The van der Waals surface area contributed by atoms with Crippen molar-refractivity contribution in [2.75, 3.05) is 0 Å². The van der Waals surface area contributed by atoms with Gasteiger partial charge in [-0.05, 0) is 43.3 Å². The Hall–Kier alpha value is -2.51. The summed E-state index contributed by atoms with van der Waals surface area (Å²) in [5, 5.41) is 13.1. The van der Waals surface area contributed by atoms with Gasteiger partial charge in [0.25, 0.3) is 0 Å². The van der Waals surface area contributed by atoms with E-state index in [0.29, 0.717) is 17.3 Å². The lowest BCUT2D eigenvalue weighted by atomic mass is 10.1. The summed E-state index contributed by atoms with van der Waals surface area (Å²) in [5.74, 6) is 0.728. The van der Waals surface area contributed by atoms with Gasteiger partial charge in [-0.1, -0.05) is 17.7 Å². The highest BCUT2D eigenvalue weighted by Crippen LogP contribution is 2.25. The third-order valence-electron chi connectivity index (χ3n) is 3.12. The van der Waals surface area contributed by atoms with Crippen LogP contribution >= 0.6 is 0 Å². The smallest absolute Gasteiger partial charge is 0.248 e. The molecule has 1 aromatic heterocycles. The van der Waals surface area contributed by atoms with Gasteiger partial charge in [-0.25, -0.2) is 13.6 Å². The monoisotopic (exact) mass is 315 g/mol. The first-order valence-electron chi connectivity index (χ1n) is 6.47. The first-order valence-corrected chi connectivity index (χ1v) is 8.02. The Balaban J connectivity index is 1.94. The highest BCUT2D eigenvalue weighted by molar-refractivity contribution is 7.89. The molecule has 2 aromatic carbocycles. The van der Waals surface area contributed by atoms with Gasteiger partial charge in [0.1, 0.15) is 0 Å². The maximum atomic E-state index is 11.2. The number of hydrogen-bond acceptors (Lipinski definition) is 5. The molecule has 22 heavy (non-hydrogen) atoms. The van der Waals surface area contributed by atoms with E-state index >= 15 is 0 Å². The first kappa shape index (κ1) is 14.4. The molecule has 7 heteroatoms. The summed E-state index contributed by atoms with van der Waals surface area (Å²) in [6.45, 7) is 1.98. The number of primary sulfonamides is 1. The molecule has 0 aliphatic carbocycles. The summed E-state index contributed by atoms with van der Waals surface area (Å²) in [7, 11) is -3.71. The Morgan fingerprint density at radius 1 is 0.955 bits per heavy atom. The van der Waals surface area contributed by atoms with E-state index in [1.807, 2.05) is 31.2 Å². The fraction of sp³-hybridized carbons (Fsp3) is 0.0667. The van der Waals surface area contributed by atoms with Gasteiger partial charge in [0.2, 0.25) is 21.8 Å². The third-order valence-corrected chi connectivity index (χ3v) is 4.05. The van der Waals surface area contributed by atoms with Crippen LogP contribution in [0.25, 0.3) is 22.9 Å². The summed E-state index contributed by atoms with van der Waals surface area (Å²) in [5.41, 5.74) is 2.55. The van der Waals surface area contributed by atoms with E-state index in [0.717, 1.165) is 11.1 Å². The van der Waals surface area contributed by atoms with Crippen molar-refractivity contribution < 1.29 is 12.8 Å². The van der Waals surface area contributed by atoms with Crippen LogP contribution in [-0.2, 0) is 10.0 Å². The lowest BCUT2D eigenvalue weighted by molar-refractivity contribution is 0.584. The predicted molar refractivity (Wildman–Crippen MR) is 81.3 cm³/mol. The highest BCUT2D eigenvalue weighted by Gasteiger charge is 2.12. The van der Waals surface area contributed by atoms with E-state index in [1.165, 1.54) is 12.1 Å². The molecule has 1 heterocycles. The van der Waals surface area contributed by atoms with Crippen molar-refractivity contribution >= 4 is 10.0 Å². The van der Waals surface area contributed by atoms with Crippen molar-refractivity contribution in [3.05, 3.63) is 54.1 Å². The maximum Gasteiger partial charge on any atom is 0.248 e. The Labute approximate surface area is 127 Å². The van der Waals surface area contributed by atoms with E-state index in [-0.39, 0.29) is 4.90 Å². The molecule has 3 rings (SSSR count). The number of hydrogen-bond donors (Lipinski definition) is 1. The number of rotatable bonds is 3. The molecule has 0 atom stereocenters. The van der Waals surface area contributed by atoms with E-state index in [4.69, 9.17) is 9.56 Å². The van der Waals surface area contributed by atoms with Gasteiger partial charge in [-0.3, -0.25) is 0 Å². The molecule has 0 aliphatic heterocycles. The van der Waals surface area contributed by atoms with Crippen LogP contribution in [0.15, 0.2) is 57.8 Å². The van der Waals surface area contributed by atoms with E-state index in [1.54, 1.807) is 12.1 Å². The maximum absolute atomic E-state index is 11.2. The van der Waals surface area contributed by atoms with Crippen LogP contribution < -0.4 is 5.14 Å². The van der Waals surface area contributed by atoms with Gasteiger partial charge in [0, 0.05) is 11.1 Å². The molecule has 0 amide bonds. The van der Waals surface area contributed by atoms with Crippen LogP contribution in [-0.4, -0.2) is 18.6 Å². The molecule has 0 bridgehead atoms. The van der Waals surface area contributed by atoms with Crippen LogP contribution in [0, 0.1) is 6.92 Å². The molecule has 112 valence electrons. The summed E-state index contributed by atoms with van der Waals surface area (Å²) < 4.78 is 28.1. The normalized spacial score (nSPS) is 11.5. The zero-order valence-electron chi connectivity index (χ0n) is 11.7. The molecule has 0 saturated heterocycles. The minimum Gasteiger partial charge on any atom is -0.416 e. The predicted octanol–water partition coefficient (Wildman–Crippen LogP) is 2.36. The molecular formula is C15H13N3O3S. The number of nitrogens with zero attached hydrogens (tertiary/aromatic N) is 2. The molecule has 0 saturated carbocycles. The van der Waals surface area contributed by atoms with Crippen molar-refractivity contribution in [1.29, 1.82) is 0 Å². The molecule has 6 nitrogen and oxygen atoms in total. The average Bonchev–Trinajstić information content (AvgIpc) is 2.96. The average molecular weight is 315 g/mol. The molecule has 3 aromatic rings. The van der Waals surface area contributed by atoms with E-state index in [2.05, 4.69) is 10.2 Å². The number of aromatic nitrogens is 2. The van der Waals surface area contributed by atoms with Crippen LogP contribution in [0.3, 0.4) is 0 Å². The Morgan fingerprint density at radius 3 is 2.18 bits per heavy atom. The van der Waals surface area contributed by atoms with E-state index in [9.17, 15) is 8.42 Å². The first-order chi connectivity index (χ1) is 10.4. The highest BCUT2D eigenvalue weighted by atomic mass is 32.2. The Morgan fingerprint density at radius 2 is 1.59 bits per heavy atom. The fourth-order valence-electron chi connectivity index (χ4n) is 2.02. The minimum absolute atomic E-state index is 0.0367. The van der Waals surface area contributed by atoms with Crippen LogP contribution in [0.2, 0.25) is 0 Å². The molecule has 2 N–H and O–H groups in total. The molecule has 0 radical (unpaired) electrons. The number of sulfonamides is 1. The van der Waals surface area contributed by atoms with Crippen LogP contribution in [0.5, 0.6) is 0 Å². The van der Waals surface area contributed by atoms with Crippen LogP contribution in [0.1, 0.15) is 5.56 Å². The van der Waals surface area contributed by atoms with E-state index < -0.39 is 10.0 Å². The second-order valence-electron chi connectivity index (χ2n) is 4.85. The summed E-state index contributed by atoms with van der Waals surface area (Å²) in [6, 6.07) is 13.7. The van der Waals surface area contributed by atoms with Crippen molar-refractivity contribution in [3.63, 3.8) is 0 Å². The van der Waals surface area contributed by atoms with Crippen molar-refractivity contribution in [2.24, 2.45) is 5.14 Å². The lowest BCUT2D eigenvalue weighted by Gasteiger charge is -1.99. The zero-order chi connectivity index (χ0) is 15.7. The fourth-order valence-corrected chi connectivity index (χ4v) is 2.54. The topological polar surface area (TPSA) is 99.1 Å². The van der Waals surface area contributed by atoms with Crippen molar-refractivity contribution in [1.82, 2.24) is 10.2 Å². The second kappa shape index (κ2) is 5.36. The SMILES string of the molecule is Cc1cccc(-c2nnc(-c3ccc(S(N)(=O)=O)cc3)o2)c1. The van der Waals surface area contributed by atoms with Gasteiger partial charge in [-0.2, -0.15) is 0 Å². The number of benzene rings is 2. The van der Waals surface area contributed by atoms with Crippen LogP contribution in [0.4, 0.5) is 0 Å². The minimum atomic E-state index is -3.71. The van der Waals surface area contributed by atoms with Gasteiger partial charge in [0.15, 0.2) is 0 Å². The van der Waals surface area contributed by atoms with Gasteiger partial charge in [-0.15, -0.1) is 10.2 Å². The molecule has 0 fully saturated rings. The molecular weight excluding hydrogens is 302 g/mol. The lowest BCUT2D eigenvalue weighted by Crippen LogP contribution is -2.11. The summed E-state index contributed by atoms with van der Waals surface area (Å²) in [6.07, 6.45) is 0. The van der Waals surface area contributed by atoms with Gasteiger partial charge >= 0.3 is 0 Å². The van der Waals surface area contributed by atoms with Gasteiger partial charge in [0.05, 0.1) is 4.90 Å². The molecule has 0 unspecified atom stereocenters. The number of nitrogens with two attached hydrogens (primary N) is 1. The standard InChI is InChI=1S/C15H13N3O3S/c1-10-3-2-4-12(9-10)15-18-17-14(21-15)11-5-7-13(8-6-11)22(16,19)20/h2-9H,1H3,(H2,16,19,20). The Kier molecular flexibility index (Phi) is 3.51. The van der Waals surface area contributed by atoms with Gasteiger partial charge < -0.3 is 4.42 Å². The molecule has 0 aliphatic rings. The van der Waals surface area contributed by atoms with Crippen molar-refractivity contribution in [3.8, 4) is 22.9 Å². The largest absolute Gasteiger partial charge is 0.416 e. The summed E-state index contributed by atoms with van der Waals surface area (Å²) in [4.78, 5) is 0.0367. The Bertz CT molecular complexity index is 915. The second-order valence-corrected chi connectivity index (χ2v) is 6.41. The third kappa shape index (κ3) is 2.90. The number of aryl methyl sites for hydroxylation is 1. The quantitative estimate of drug-likeness (QED) is 0.800. The molecule has 0 spiro atoms. The van der Waals surface area contributed by atoms with Crippen molar-refractivity contribution in [2.45, 2.75) is 11.8 Å².